The van der Waals surface area contributed by atoms with E-state index in [1.54, 1.807) is 6.92 Å². The number of aromatic nitrogens is 4. The maximum atomic E-state index is 13.8. The van der Waals surface area contributed by atoms with Gasteiger partial charge in [-0.3, -0.25) is 4.72 Å². The van der Waals surface area contributed by atoms with E-state index in [9.17, 15) is 12.8 Å². The van der Waals surface area contributed by atoms with Gasteiger partial charge in [-0.2, -0.15) is 22.3 Å². The molecule has 0 saturated carbocycles. The van der Waals surface area contributed by atoms with E-state index in [0.29, 0.717) is 10.6 Å². The monoisotopic (exact) mass is 371 g/mol. The summed E-state index contributed by atoms with van der Waals surface area (Å²) in [6.07, 6.45) is 1.23. The van der Waals surface area contributed by atoms with Gasteiger partial charge >= 0.3 is 0 Å². The first-order chi connectivity index (χ1) is 11.3. The van der Waals surface area contributed by atoms with Gasteiger partial charge in [0.1, 0.15) is 5.69 Å². The van der Waals surface area contributed by atoms with Gasteiger partial charge in [-0.25, -0.2) is 4.98 Å². The van der Waals surface area contributed by atoms with Crippen LogP contribution in [0.4, 0.5) is 10.1 Å². The molecule has 0 unspecified atom stereocenters. The molecule has 8 nitrogen and oxygen atoms in total. The number of ether oxygens (including phenoxy) is 1. The lowest BCUT2D eigenvalue weighted by atomic mass is 10.2. The zero-order chi connectivity index (χ0) is 17.5. The maximum absolute atomic E-state index is 13.8. The topological polar surface area (TPSA) is 98.5 Å². The Bertz CT molecular complexity index is 1020. The number of nitrogens with zero attached hydrogens (tertiary/aromatic N) is 4. The van der Waals surface area contributed by atoms with Crippen molar-refractivity contribution in [2.45, 2.75) is 12.1 Å². The van der Waals surface area contributed by atoms with Crippen molar-refractivity contribution in [3.8, 4) is 5.88 Å². The second-order valence-corrected chi connectivity index (χ2v) is 6.79. The normalized spacial score (nSPS) is 11.7. The van der Waals surface area contributed by atoms with Crippen LogP contribution in [-0.4, -0.2) is 35.1 Å². The van der Waals surface area contributed by atoms with Gasteiger partial charge in [0, 0.05) is 23.4 Å². The fourth-order valence-corrected chi connectivity index (χ4v) is 3.19. The van der Waals surface area contributed by atoms with Crippen molar-refractivity contribution in [2.75, 3.05) is 11.8 Å². The Hall–Kier alpha value is -2.46. The number of methoxy groups -OCH3 is 1. The summed E-state index contributed by atoms with van der Waals surface area (Å²) in [6, 6.07) is 4.35. The summed E-state index contributed by atoms with van der Waals surface area (Å²) in [6.45, 7) is 1.54. The Morgan fingerprint density at radius 3 is 2.79 bits per heavy atom. The predicted molar refractivity (Wildman–Crippen MR) is 84.3 cm³/mol. The van der Waals surface area contributed by atoms with Crippen LogP contribution in [0.3, 0.4) is 0 Å². The van der Waals surface area contributed by atoms with Gasteiger partial charge in [-0.1, -0.05) is 11.6 Å². The first-order valence-corrected chi connectivity index (χ1v) is 8.42. The van der Waals surface area contributed by atoms with Crippen molar-refractivity contribution in [1.82, 2.24) is 19.6 Å². The van der Waals surface area contributed by atoms with E-state index in [1.807, 2.05) is 0 Å². The first kappa shape index (κ1) is 16.4. The van der Waals surface area contributed by atoms with Gasteiger partial charge in [0.15, 0.2) is 5.65 Å². The van der Waals surface area contributed by atoms with Crippen LogP contribution in [0, 0.1) is 12.9 Å². The van der Waals surface area contributed by atoms with Crippen LogP contribution in [0.5, 0.6) is 5.88 Å². The van der Waals surface area contributed by atoms with E-state index in [2.05, 4.69) is 19.8 Å². The summed E-state index contributed by atoms with van der Waals surface area (Å²) in [5.41, 5.74) is 0.278. The highest BCUT2D eigenvalue weighted by atomic mass is 35.5. The minimum atomic E-state index is -4.23. The molecule has 0 aromatic carbocycles. The highest BCUT2D eigenvalue weighted by Gasteiger charge is 2.24. The van der Waals surface area contributed by atoms with E-state index < -0.39 is 21.1 Å². The number of hydrogen-bond acceptors (Lipinski definition) is 6. The molecule has 1 N–H and O–H groups in total. The summed E-state index contributed by atoms with van der Waals surface area (Å²) in [4.78, 5) is 7.33. The highest BCUT2D eigenvalue weighted by molar-refractivity contribution is 7.92. The molecule has 0 saturated heterocycles. The lowest BCUT2D eigenvalue weighted by Crippen LogP contribution is -2.17. The highest BCUT2D eigenvalue weighted by Crippen LogP contribution is 2.23. The van der Waals surface area contributed by atoms with E-state index in [-0.39, 0.29) is 17.2 Å². The molecule has 3 aromatic rings. The Morgan fingerprint density at radius 1 is 1.38 bits per heavy atom. The fraction of sp³-hybridized carbons (Fsp3) is 0.154. The summed E-state index contributed by atoms with van der Waals surface area (Å²) >= 11 is 5.91. The Kier molecular flexibility index (Phi) is 4.01. The number of fused-ring (bicyclic) bond motifs is 1. The van der Waals surface area contributed by atoms with Gasteiger partial charge in [-0.05, 0) is 18.6 Å². The number of halogens is 2. The molecule has 0 bridgehead atoms. The number of nitrogens with one attached hydrogen (secondary N) is 1. The van der Waals surface area contributed by atoms with Crippen LogP contribution in [-0.2, 0) is 10.0 Å². The molecule has 24 heavy (non-hydrogen) atoms. The minimum absolute atomic E-state index is 0.170. The molecular weight excluding hydrogens is 361 g/mol. The lowest BCUT2D eigenvalue weighted by Gasteiger charge is -2.08. The van der Waals surface area contributed by atoms with Crippen LogP contribution in [0.25, 0.3) is 5.65 Å². The van der Waals surface area contributed by atoms with Crippen molar-refractivity contribution >= 4 is 33.0 Å². The number of rotatable bonds is 4. The van der Waals surface area contributed by atoms with Gasteiger partial charge in [0.05, 0.1) is 7.11 Å². The van der Waals surface area contributed by atoms with Gasteiger partial charge in [-0.15, -0.1) is 5.10 Å². The quantitative estimate of drug-likeness (QED) is 0.704. The van der Waals surface area contributed by atoms with Gasteiger partial charge in [0.2, 0.25) is 11.8 Å². The molecule has 126 valence electrons. The number of pyridine rings is 2. The molecule has 0 aliphatic rings. The molecule has 0 aliphatic heterocycles. The lowest BCUT2D eigenvalue weighted by molar-refractivity contribution is 0.384. The third-order valence-corrected chi connectivity index (χ3v) is 4.49. The van der Waals surface area contributed by atoms with E-state index in [0.717, 1.165) is 0 Å². The molecule has 0 fully saturated rings. The average Bonchev–Trinajstić information content (AvgIpc) is 2.95. The predicted octanol–water partition coefficient (Wildman–Crippen LogP) is 2.03. The summed E-state index contributed by atoms with van der Waals surface area (Å²) < 4.78 is 47.0. The molecule has 0 atom stereocenters. The SMILES string of the molecule is COc1cc(Cl)cc2nc(S(=O)(=O)Nc3c(C)ccnc3F)nn12. The third-order valence-electron chi connectivity index (χ3n) is 3.15. The number of anilines is 1. The molecule has 3 aromatic heterocycles. The van der Waals surface area contributed by atoms with Crippen LogP contribution >= 0.6 is 11.6 Å². The Labute approximate surface area is 141 Å². The van der Waals surface area contributed by atoms with Crippen LogP contribution < -0.4 is 9.46 Å². The molecule has 0 spiro atoms. The molecule has 0 aliphatic carbocycles. The molecule has 0 radical (unpaired) electrons. The van der Waals surface area contributed by atoms with Crippen molar-refractivity contribution < 1.29 is 17.5 Å². The van der Waals surface area contributed by atoms with Gasteiger partial charge < -0.3 is 4.74 Å². The van der Waals surface area contributed by atoms with E-state index in [4.69, 9.17) is 16.3 Å². The summed E-state index contributed by atoms with van der Waals surface area (Å²) in [7, 11) is -2.85. The largest absolute Gasteiger partial charge is 0.481 e. The van der Waals surface area contributed by atoms with Crippen LogP contribution in [0.15, 0.2) is 29.6 Å². The fourth-order valence-electron chi connectivity index (χ4n) is 1.99. The maximum Gasteiger partial charge on any atom is 0.299 e. The van der Waals surface area contributed by atoms with E-state index in [1.165, 1.54) is 36.0 Å². The van der Waals surface area contributed by atoms with E-state index >= 15 is 0 Å². The molecule has 0 amide bonds. The van der Waals surface area contributed by atoms with Gasteiger partial charge in [0.25, 0.3) is 15.2 Å². The summed E-state index contributed by atoms with van der Waals surface area (Å²) in [5.74, 6) is -0.738. The van der Waals surface area contributed by atoms with Crippen LogP contribution in [0.1, 0.15) is 5.56 Å². The Balaban J connectivity index is 2.09. The minimum Gasteiger partial charge on any atom is -0.481 e. The first-order valence-electron chi connectivity index (χ1n) is 6.56. The molecule has 3 heterocycles. The third kappa shape index (κ3) is 2.85. The molecule has 11 heteroatoms. The molecular formula is C13H11ClFN5O3S. The van der Waals surface area contributed by atoms with Crippen molar-refractivity contribution in [3.63, 3.8) is 0 Å². The average molecular weight is 372 g/mol. The number of aryl methyl sites for hydroxylation is 1. The second-order valence-electron chi connectivity index (χ2n) is 4.78. The van der Waals surface area contributed by atoms with Crippen molar-refractivity contribution in [2.24, 2.45) is 0 Å². The zero-order valence-corrected chi connectivity index (χ0v) is 14.1. The molecule has 3 rings (SSSR count). The van der Waals surface area contributed by atoms with Crippen molar-refractivity contribution in [3.05, 3.63) is 40.9 Å². The smallest absolute Gasteiger partial charge is 0.299 e. The van der Waals surface area contributed by atoms with Crippen molar-refractivity contribution in [1.29, 1.82) is 0 Å². The summed E-state index contributed by atoms with van der Waals surface area (Å²) in [5, 5.41) is 3.63. The Morgan fingerprint density at radius 2 is 2.12 bits per heavy atom. The second kappa shape index (κ2) is 5.87. The van der Waals surface area contributed by atoms with Crippen LogP contribution in [0.2, 0.25) is 5.02 Å². The number of hydrogen-bond donors (Lipinski definition) is 1. The standard InChI is InChI=1S/C13H11ClFN5O3S/c1-7-3-4-16-12(15)11(7)19-24(21,22)13-17-9-5-8(14)6-10(23-2)20(9)18-13/h3-6,19H,1-2H3. The zero-order valence-electron chi connectivity index (χ0n) is 12.5. The number of sulfonamides is 1.